The van der Waals surface area contributed by atoms with Gasteiger partial charge in [-0.05, 0) is 31.0 Å². The maximum absolute atomic E-state index is 8.90. The van der Waals surface area contributed by atoms with Gasteiger partial charge in [-0.25, -0.2) is 0 Å². The molecule has 0 bridgehead atoms. The predicted octanol–water partition coefficient (Wildman–Crippen LogP) is 1.63. The molecule has 1 aliphatic heterocycles. The van der Waals surface area contributed by atoms with Crippen molar-refractivity contribution in [1.82, 2.24) is 9.78 Å². The van der Waals surface area contributed by atoms with E-state index >= 15 is 0 Å². The summed E-state index contributed by atoms with van der Waals surface area (Å²) in [4.78, 5) is 2.42. The molecule has 0 aliphatic carbocycles. The van der Waals surface area contributed by atoms with E-state index in [1.165, 1.54) is 18.5 Å². The number of hydrogen-bond acceptors (Lipinski definition) is 3. The summed E-state index contributed by atoms with van der Waals surface area (Å²) in [5.41, 5.74) is 2.29. The Labute approximate surface area is 100 Å². The zero-order valence-electron chi connectivity index (χ0n) is 9.84. The van der Waals surface area contributed by atoms with Gasteiger partial charge in [-0.1, -0.05) is 0 Å². The van der Waals surface area contributed by atoms with Crippen LogP contribution in [-0.4, -0.2) is 34.6 Å². The Morgan fingerprint density at radius 2 is 2.06 bits per heavy atom. The monoisotopic (exact) mass is 231 g/mol. The first-order chi connectivity index (χ1) is 8.36. The van der Waals surface area contributed by atoms with Crippen molar-refractivity contribution >= 4 is 16.6 Å². The lowest BCUT2D eigenvalue weighted by atomic mass is 10.2. The highest BCUT2D eigenvalue weighted by molar-refractivity contribution is 5.82. The fourth-order valence-corrected chi connectivity index (χ4v) is 2.45. The lowest BCUT2D eigenvalue weighted by molar-refractivity contribution is 0.270. The highest BCUT2D eigenvalue weighted by Crippen LogP contribution is 2.24. The van der Waals surface area contributed by atoms with Gasteiger partial charge in [0.2, 0.25) is 0 Å². The second kappa shape index (κ2) is 4.37. The molecule has 0 spiro atoms. The molecule has 0 atom stereocenters. The molecule has 3 rings (SSSR count). The smallest absolute Gasteiger partial charge is 0.0924 e. The van der Waals surface area contributed by atoms with Crippen LogP contribution in [0.1, 0.15) is 12.8 Å². The van der Waals surface area contributed by atoms with Gasteiger partial charge in [0.25, 0.3) is 0 Å². The summed E-state index contributed by atoms with van der Waals surface area (Å²) in [6, 6.07) is 6.41. The van der Waals surface area contributed by atoms with Crippen LogP contribution in [0, 0.1) is 0 Å². The third-order valence-corrected chi connectivity index (χ3v) is 3.34. The molecular weight excluding hydrogens is 214 g/mol. The molecule has 0 radical (unpaired) electrons. The van der Waals surface area contributed by atoms with Crippen LogP contribution >= 0.6 is 0 Å². The van der Waals surface area contributed by atoms with Gasteiger partial charge in [0, 0.05) is 30.4 Å². The second-order valence-electron chi connectivity index (χ2n) is 4.55. The van der Waals surface area contributed by atoms with E-state index in [9.17, 15) is 0 Å². The van der Waals surface area contributed by atoms with Crippen LogP contribution in [0.4, 0.5) is 5.69 Å². The van der Waals surface area contributed by atoms with Crippen molar-refractivity contribution in [2.75, 3.05) is 24.6 Å². The first-order valence-corrected chi connectivity index (χ1v) is 6.20. The molecule has 0 saturated carbocycles. The molecule has 2 heterocycles. The quantitative estimate of drug-likeness (QED) is 0.873. The van der Waals surface area contributed by atoms with Crippen LogP contribution in [0.25, 0.3) is 10.9 Å². The van der Waals surface area contributed by atoms with Crippen molar-refractivity contribution in [3.63, 3.8) is 0 Å². The van der Waals surface area contributed by atoms with E-state index in [1.54, 1.807) is 4.68 Å². The molecule has 4 nitrogen and oxygen atoms in total. The van der Waals surface area contributed by atoms with E-state index in [-0.39, 0.29) is 6.61 Å². The van der Waals surface area contributed by atoms with Gasteiger partial charge in [0.05, 0.1) is 18.7 Å². The molecule has 1 N–H and O–H groups in total. The molecule has 1 fully saturated rings. The summed E-state index contributed by atoms with van der Waals surface area (Å²) in [7, 11) is 0. The van der Waals surface area contributed by atoms with Crippen LogP contribution in [0.2, 0.25) is 0 Å². The van der Waals surface area contributed by atoms with Crippen molar-refractivity contribution < 1.29 is 5.11 Å². The standard InChI is InChI=1S/C13H17N3O/c17-8-7-16-10-11-9-12(3-4-13(11)14-16)15-5-1-2-6-15/h3-4,9-10,17H,1-2,5-8H2. The molecule has 90 valence electrons. The Hall–Kier alpha value is -1.55. The number of nitrogens with zero attached hydrogens (tertiary/aromatic N) is 3. The summed E-state index contributed by atoms with van der Waals surface area (Å²) in [6.45, 7) is 3.02. The Morgan fingerprint density at radius 1 is 1.24 bits per heavy atom. The number of aliphatic hydroxyl groups is 1. The SMILES string of the molecule is OCCn1cc2cc(N3CCCC3)ccc2n1. The first-order valence-electron chi connectivity index (χ1n) is 6.20. The summed E-state index contributed by atoms with van der Waals surface area (Å²) < 4.78 is 1.80. The average molecular weight is 231 g/mol. The lowest BCUT2D eigenvalue weighted by Crippen LogP contribution is -2.17. The van der Waals surface area contributed by atoms with Gasteiger partial charge >= 0.3 is 0 Å². The maximum Gasteiger partial charge on any atom is 0.0924 e. The number of aromatic nitrogens is 2. The topological polar surface area (TPSA) is 41.3 Å². The molecule has 1 aromatic heterocycles. The van der Waals surface area contributed by atoms with Crippen molar-refractivity contribution in [2.24, 2.45) is 0 Å². The Balaban J connectivity index is 1.94. The van der Waals surface area contributed by atoms with E-state index in [2.05, 4.69) is 28.2 Å². The fourth-order valence-electron chi connectivity index (χ4n) is 2.45. The highest BCUT2D eigenvalue weighted by atomic mass is 16.3. The van der Waals surface area contributed by atoms with E-state index in [4.69, 9.17) is 5.11 Å². The van der Waals surface area contributed by atoms with Crippen molar-refractivity contribution in [2.45, 2.75) is 19.4 Å². The molecule has 4 heteroatoms. The Morgan fingerprint density at radius 3 is 2.82 bits per heavy atom. The third-order valence-electron chi connectivity index (χ3n) is 3.34. The van der Waals surface area contributed by atoms with E-state index in [0.717, 1.165) is 24.0 Å². The highest BCUT2D eigenvalue weighted by Gasteiger charge is 2.13. The fraction of sp³-hybridized carbons (Fsp3) is 0.462. The third kappa shape index (κ3) is 2.00. The molecule has 1 aliphatic rings. The van der Waals surface area contributed by atoms with Gasteiger partial charge in [-0.3, -0.25) is 4.68 Å². The molecule has 2 aromatic rings. The number of rotatable bonds is 3. The molecule has 0 unspecified atom stereocenters. The summed E-state index contributed by atoms with van der Waals surface area (Å²) >= 11 is 0. The van der Waals surface area contributed by atoms with Crippen molar-refractivity contribution in [3.05, 3.63) is 24.4 Å². The normalized spacial score (nSPS) is 15.9. The number of fused-ring (bicyclic) bond motifs is 1. The molecule has 1 aromatic carbocycles. The number of anilines is 1. The molecule has 17 heavy (non-hydrogen) atoms. The van der Waals surface area contributed by atoms with Crippen molar-refractivity contribution in [3.8, 4) is 0 Å². The van der Waals surface area contributed by atoms with Crippen molar-refractivity contribution in [1.29, 1.82) is 0 Å². The molecular formula is C13H17N3O. The lowest BCUT2D eigenvalue weighted by Gasteiger charge is -2.17. The van der Waals surface area contributed by atoms with Gasteiger partial charge in [0.1, 0.15) is 0 Å². The van der Waals surface area contributed by atoms with Gasteiger partial charge in [-0.2, -0.15) is 5.10 Å². The van der Waals surface area contributed by atoms with E-state index in [1.807, 2.05) is 6.20 Å². The van der Waals surface area contributed by atoms with E-state index < -0.39 is 0 Å². The van der Waals surface area contributed by atoms with Gasteiger partial charge in [-0.15, -0.1) is 0 Å². The predicted molar refractivity (Wildman–Crippen MR) is 68.3 cm³/mol. The minimum Gasteiger partial charge on any atom is -0.394 e. The number of benzene rings is 1. The zero-order chi connectivity index (χ0) is 11.7. The van der Waals surface area contributed by atoms with Crippen LogP contribution in [-0.2, 0) is 6.54 Å². The number of hydrogen-bond donors (Lipinski definition) is 1. The number of aliphatic hydroxyl groups excluding tert-OH is 1. The largest absolute Gasteiger partial charge is 0.394 e. The Bertz CT molecular complexity index is 514. The van der Waals surface area contributed by atoms with E-state index in [0.29, 0.717) is 6.54 Å². The van der Waals surface area contributed by atoms with Crippen LogP contribution < -0.4 is 4.90 Å². The van der Waals surface area contributed by atoms with Gasteiger partial charge in [0.15, 0.2) is 0 Å². The maximum atomic E-state index is 8.90. The summed E-state index contributed by atoms with van der Waals surface area (Å²) in [5, 5.41) is 14.5. The minimum atomic E-state index is 0.132. The summed E-state index contributed by atoms with van der Waals surface area (Å²) in [5.74, 6) is 0. The van der Waals surface area contributed by atoms with Crippen LogP contribution in [0.15, 0.2) is 24.4 Å². The average Bonchev–Trinajstić information content (AvgIpc) is 2.96. The Kier molecular flexibility index (Phi) is 2.73. The van der Waals surface area contributed by atoms with Crippen LogP contribution in [0.5, 0.6) is 0 Å². The second-order valence-corrected chi connectivity index (χ2v) is 4.55. The van der Waals surface area contributed by atoms with Gasteiger partial charge < -0.3 is 10.0 Å². The first kappa shape index (κ1) is 10.6. The minimum absolute atomic E-state index is 0.132. The zero-order valence-corrected chi connectivity index (χ0v) is 9.84. The summed E-state index contributed by atoms with van der Waals surface area (Å²) in [6.07, 6.45) is 4.59. The molecule has 1 saturated heterocycles. The van der Waals surface area contributed by atoms with Crippen LogP contribution in [0.3, 0.4) is 0 Å². The molecule has 0 amide bonds.